The van der Waals surface area contributed by atoms with E-state index < -0.39 is 6.04 Å². The Hall–Kier alpha value is -3.42. The number of aromatic nitrogens is 2. The summed E-state index contributed by atoms with van der Waals surface area (Å²) in [4.78, 5) is 18.0. The predicted molar refractivity (Wildman–Crippen MR) is 137 cm³/mol. The van der Waals surface area contributed by atoms with E-state index in [2.05, 4.69) is 5.32 Å². The van der Waals surface area contributed by atoms with Crippen LogP contribution in [-0.4, -0.2) is 36.8 Å². The highest BCUT2D eigenvalue weighted by Crippen LogP contribution is 2.38. The Morgan fingerprint density at radius 3 is 2.20 bits per heavy atom. The first-order chi connectivity index (χ1) is 16.9. The molecule has 1 N–H and O–H groups in total. The summed E-state index contributed by atoms with van der Waals surface area (Å²) in [6, 6.07) is 16.0. The van der Waals surface area contributed by atoms with Crippen LogP contribution >= 0.6 is 23.2 Å². The molecule has 0 saturated heterocycles. The van der Waals surface area contributed by atoms with Crippen molar-refractivity contribution in [1.82, 2.24) is 14.9 Å². The average molecular weight is 514 g/mol. The van der Waals surface area contributed by atoms with Crippen molar-refractivity contribution >= 4 is 40.1 Å². The zero-order valence-corrected chi connectivity index (χ0v) is 21.3. The number of methoxy groups -OCH3 is 3. The van der Waals surface area contributed by atoms with Crippen LogP contribution in [0.15, 0.2) is 54.6 Å². The number of hydrogen-bond acceptors (Lipinski definition) is 5. The third kappa shape index (κ3) is 4.88. The van der Waals surface area contributed by atoms with E-state index in [4.69, 9.17) is 42.4 Å². The topological polar surface area (TPSA) is 74.6 Å². The first-order valence-corrected chi connectivity index (χ1v) is 11.6. The van der Waals surface area contributed by atoms with Gasteiger partial charge in [0.15, 0.2) is 11.5 Å². The van der Waals surface area contributed by atoms with Gasteiger partial charge >= 0.3 is 0 Å². The first kappa shape index (κ1) is 24.7. The van der Waals surface area contributed by atoms with Crippen molar-refractivity contribution < 1.29 is 19.0 Å². The first-order valence-electron chi connectivity index (χ1n) is 10.9. The summed E-state index contributed by atoms with van der Waals surface area (Å²) in [5.41, 5.74) is 2.86. The number of carbonyl (C=O) groups is 1. The van der Waals surface area contributed by atoms with E-state index in [1.54, 1.807) is 30.3 Å². The van der Waals surface area contributed by atoms with Gasteiger partial charge in [-0.1, -0.05) is 41.4 Å². The van der Waals surface area contributed by atoms with Gasteiger partial charge in [-0.25, -0.2) is 4.98 Å². The van der Waals surface area contributed by atoms with Gasteiger partial charge in [0.1, 0.15) is 5.82 Å². The van der Waals surface area contributed by atoms with Gasteiger partial charge in [-0.15, -0.1) is 0 Å². The van der Waals surface area contributed by atoms with E-state index in [9.17, 15) is 4.79 Å². The summed E-state index contributed by atoms with van der Waals surface area (Å²) < 4.78 is 18.1. The maximum Gasteiger partial charge on any atom is 0.252 e. The van der Waals surface area contributed by atoms with Crippen molar-refractivity contribution in [2.45, 2.75) is 19.5 Å². The minimum Gasteiger partial charge on any atom is -0.493 e. The molecule has 7 nitrogen and oxygen atoms in total. The molecular formula is C26H25Cl2N3O4. The number of para-hydroxylation sites is 2. The standard InChI is InChI=1S/C26H25Cl2N3O4/c1-15(29-26(32)16-12-22(33-2)24(35-4)23(13-16)34-3)25-30-20-10-5-6-11-21(20)31(25)14-17-18(27)8-7-9-19(17)28/h5-13,15H,14H2,1-4H3,(H,29,32). The molecule has 182 valence electrons. The van der Waals surface area contributed by atoms with E-state index in [-0.39, 0.29) is 5.91 Å². The molecule has 9 heteroatoms. The highest BCUT2D eigenvalue weighted by molar-refractivity contribution is 6.36. The number of imidazole rings is 1. The Labute approximate surface area is 213 Å². The Balaban J connectivity index is 1.70. The molecule has 0 fully saturated rings. The van der Waals surface area contributed by atoms with Crippen molar-refractivity contribution in [2.24, 2.45) is 0 Å². The lowest BCUT2D eigenvalue weighted by atomic mass is 10.1. The largest absolute Gasteiger partial charge is 0.493 e. The molecule has 4 rings (SSSR count). The monoisotopic (exact) mass is 513 g/mol. The van der Waals surface area contributed by atoms with Gasteiger partial charge in [-0.05, 0) is 43.3 Å². The molecule has 0 aliphatic rings. The molecule has 1 heterocycles. The molecule has 0 radical (unpaired) electrons. The number of hydrogen-bond donors (Lipinski definition) is 1. The zero-order valence-electron chi connectivity index (χ0n) is 19.8. The highest BCUT2D eigenvalue weighted by atomic mass is 35.5. The van der Waals surface area contributed by atoms with Gasteiger partial charge < -0.3 is 24.1 Å². The van der Waals surface area contributed by atoms with Crippen LogP contribution in [0.1, 0.15) is 34.7 Å². The van der Waals surface area contributed by atoms with Crippen LogP contribution in [0.2, 0.25) is 10.0 Å². The number of benzene rings is 3. The lowest BCUT2D eigenvalue weighted by molar-refractivity contribution is 0.0937. The molecular weight excluding hydrogens is 489 g/mol. The molecule has 0 bridgehead atoms. The SMILES string of the molecule is COc1cc(C(=O)NC(C)c2nc3ccccc3n2Cc2c(Cl)cccc2Cl)cc(OC)c1OC. The van der Waals surface area contributed by atoms with E-state index in [0.717, 1.165) is 16.6 Å². The fraction of sp³-hybridized carbons (Fsp3) is 0.231. The minimum atomic E-state index is -0.435. The van der Waals surface area contributed by atoms with Crippen molar-refractivity contribution in [2.75, 3.05) is 21.3 Å². The summed E-state index contributed by atoms with van der Waals surface area (Å²) in [6.45, 7) is 2.28. The van der Waals surface area contributed by atoms with E-state index in [1.165, 1.54) is 21.3 Å². The Morgan fingerprint density at radius 1 is 0.971 bits per heavy atom. The number of ether oxygens (including phenoxy) is 3. The van der Waals surface area contributed by atoms with Gasteiger partial charge in [0.2, 0.25) is 5.75 Å². The summed E-state index contributed by atoms with van der Waals surface area (Å²) in [7, 11) is 4.52. The van der Waals surface area contributed by atoms with Crippen LogP contribution in [0.3, 0.4) is 0 Å². The predicted octanol–water partition coefficient (Wildman–Crippen LogP) is 5.91. The molecule has 4 aromatic rings. The molecule has 0 aliphatic heterocycles. The van der Waals surface area contributed by atoms with Gasteiger partial charge in [0, 0.05) is 21.2 Å². The number of halogens is 2. The van der Waals surface area contributed by atoms with Gasteiger partial charge in [0.25, 0.3) is 5.91 Å². The number of amides is 1. The smallest absolute Gasteiger partial charge is 0.252 e. The molecule has 1 atom stereocenters. The second-order valence-electron chi connectivity index (χ2n) is 7.85. The Morgan fingerprint density at radius 2 is 1.60 bits per heavy atom. The summed E-state index contributed by atoms with van der Waals surface area (Å²) in [5.74, 6) is 1.56. The van der Waals surface area contributed by atoms with Crippen molar-refractivity contribution in [3.05, 3.63) is 81.6 Å². The Kier molecular flexibility index (Phi) is 7.38. The second-order valence-corrected chi connectivity index (χ2v) is 8.67. The number of carbonyl (C=O) groups excluding carboxylic acids is 1. The third-order valence-corrected chi connectivity index (χ3v) is 6.43. The van der Waals surface area contributed by atoms with Crippen LogP contribution in [-0.2, 0) is 6.54 Å². The fourth-order valence-electron chi connectivity index (χ4n) is 3.99. The number of nitrogens with zero attached hydrogens (tertiary/aromatic N) is 2. The number of nitrogens with one attached hydrogen (secondary N) is 1. The van der Waals surface area contributed by atoms with Crippen LogP contribution < -0.4 is 19.5 Å². The maximum absolute atomic E-state index is 13.2. The van der Waals surface area contributed by atoms with Gasteiger partial charge in [0.05, 0.1) is 44.9 Å². The quantitative estimate of drug-likeness (QED) is 0.317. The normalized spacial score (nSPS) is 11.8. The van der Waals surface area contributed by atoms with Crippen LogP contribution in [0.4, 0.5) is 0 Å². The van der Waals surface area contributed by atoms with Crippen molar-refractivity contribution in [1.29, 1.82) is 0 Å². The molecule has 35 heavy (non-hydrogen) atoms. The maximum atomic E-state index is 13.2. The lowest BCUT2D eigenvalue weighted by Crippen LogP contribution is -2.29. The molecule has 1 aromatic heterocycles. The minimum absolute atomic E-state index is 0.314. The molecule has 0 saturated carbocycles. The van der Waals surface area contributed by atoms with E-state index in [1.807, 2.05) is 35.8 Å². The molecule has 0 spiro atoms. The number of rotatable bonds is 8. The highest BCUT2D eigenvalue weighted by Gasteiger charge is 2.22. The molecule has 3 aromatic carbocycles. The summed E-state index contributed by atoms with van der Waals surface area (Å²) >= 11 is 12.9. The average Bonchev–Trinajstić information content (AvgIpc) is 3.23. The Bertz CT molecular complexity index is 1340. The van der Waals surface area contributed by atoms with Crippen LogP contribution in [0.5, 0.6) is 17.2 Å². The van der Waals surface area contributed by atoms with E-state index in [0.29, 0.717) is 45.2 Å². The lowest BCUT2D eigenvalue weighted by Gasteiger charge is -2.18. The van der Waals surface area contributed by atoms with Crippen LogP contribution in [0, 0.1) is 0 Å². The molecule has 1 amide bonds. The third-order valence-electron chi connectivity index (χ3n) is 5.72. The van der Waals surface area contributed by atoms with E-state index >= 15 is 0 Å². The second kappa shape index (κ2) is 10.5. The van der Waals surface area contributed by atoms with Crippen molar-refractivity contribution in [3.8, 4) is 17.2 Å². The van der Waals surface area contributed by atoms with Gasteiger partial charge in [-0.3, -0.25) is 4.79 Å². The summed E-state index contributed by atoms with van der Waals surface area (Å²) in [6.07, 6.45) is 0. The molecule has 0 aliphatic carbocycles. The van der Waals surface area contributed by atoms with Gasteiger partial charge in [-0.2, -0.15) is 0 Å². The fourth-order valence-corrected chi connectivity index (χ4v) is 4.51. The van der Waals surface area contributed by atoms with Crippen molar-refractivity contribution in [3.63, 3.8) is 0 Å². The zero-order chi connectivity index (χ0) is 25.1. The number of fused-ring (bicyclic) bond motifs is 1. The van der Waals surface area contributed by atoms with Crippen LogP contribution in [0.25, 0.3) is 11.0 Å². The summed E-state index contributed by atoms with van der Waals surface area (Å²) in [5, 5.41) is 4.16. The molecule has 1 unspecified atom stereocenters.